The molecular formula is C17H14F5NO2. The summed E-state index contributed by atoms with van der Waals surface area (Å²) in [6, 6.07) is 7.21. The number of hydrogen-bond acceptors (Lipinski definition) is 2. The van der Waals surface area contributed by atoms with Gasteiger partial charge in [-0.15, -0.1) is 0 Å². The SMILES string of the molecule is CC(Oc1ccc(F)c(F)c1)C(=O)NCc1ccc(C(F)(F)F)cc1. The van der Waals surface area contributed by atoms with E-state index < -0.39 is 35.4 Å². The Morgan fingerprint density at radius 3 is 2.28 bits per heavy atom. The Kier molecular flexibility index (Phi) is 5.61. The zero-order chi connectivity index (χ0) is 18.6. The van der Waals surface area contributed by atoms with Gasteiger partial charge in [0, 0.05) is 12.6 Å². The number of nitrogens with one attached hydrogen (secondary N) is 1. The molecule has 25 heavy (non-hydrogen) atoms. The van der Waals surface area contributed by atoms with Gasteiger partial charge >= 0.3 is 6.18 Å². The Labute approximate surface area is 140 Å². The van der Waals surface area contributed by atoms with Crippen LogP contribution in [0.15, 0.2) is 42.5 Å². The monoisotopic (exact) mass is 359 g/mol. The first-order valence-electron chi connectivity index (χ1n) is 7.22. The molecule has 1 unspecified atom stereocenters. The molecule has 8 heteroatoms. The van der Waals surface area contributed by atoms with Crippen LogP contribution in [0.25, 0.3) is 0 Å². The standard InChI is InChI=1S/C17H14F5NO2/c1-10(25-13-6-7-14(18)15(19)8-13)16(24)23-9-11-2-4-12(5-3-11)17(20,21)22/h2-8,10H,9H2,1H3,(H,23,24). The van der Waals surface area contributed by atoms with E-state index in [4.69, 9.17) is 4.74 Å². The van der Waals surface area contributed by atoms with E-state index in [9.17, 15) is 26.7 Å². The molecule has 0 saturated heterocycles. The van der Waals surface area contributed by atoms with Crippen molar-refractivity contribution in [1.29, 1.82) is 0 Å². The summed E-state index contributed by atoms with van der Waals surface area (Å²) in [4.78, 5) is 11.9. The summed E-state index contributed by atoms with van der Waals surface area (Å²) >= 11 is 0. The largest absolute Gasteiger partial charge is 0.481 e. The second-order valence-electron chi connectivity index (χ2n) is 5.25. The first kappa shape index (κ1) is 18.7. The van der Waals surface area contributed by atoms with E-state index in [0.29, 0.717) is 5.56 Å². The van der Waals surface area contributed by atoms with Crippen molar-refractivity contribution in [2.75, 3.05) is 0 Å². The number of hydrogen-bond donors (Lipinski definition) is 1. The third kappa shape index (κ3) is 5.17. The molecule has 0 aliphatic carbocycles. The summed E-state index contributed by atoms with van der Waals surface area (Å²) in [5.41, 5.74) is -0.306. The summed E-state index contributed by atoms with van der Waals surface area (Å²) in [5, 5.41) is 2.49. The molecule has 0 fully saturated rings. The number of halogens is 5. The lowest BCUT2D eigenvalue weighted by molar-refractivity contribution is -0.137. The average Bonchev–Trinajstić information content (AvgIpc) is 2.55. The summed E-state index contributed by atoms with van der Waals surface area (Å²) in [6.07, 6.45) is -5.42. The minimum absolute atomic E-state index is 0.00243. The third-order valence-electron chi connectivity index (χ3n) is 3.32. The number of alkyl halides is 3. The fourth-order valence-electron chi connectivity index (χ4n) is 1.95. The van der Waals surface area contributed by atoms with Gasteiger partial charge in [0.15, 0.2) is 17.7 Å². The smallest absolute Gasteiger partial charge is 0.416 e. The van der Waals surface area contributed by atoms with Gasteiger partial charge in [0.2, 0.25) is 0 Å². The van der Waals surface area contributed by atoms with Crippen LogP contribution in [0.5, 0.6) is 5.75 Å². The van der Waals surface area contributed by atoms with Gasteiger partial charge in [-0.2, -0.15) is 13.2 Å². The maximum absolute atomic E-state index is 13.1. The Hall–Kier alpha value is -2.64. The molecule has 0 aliphatic heterocycles. The Bertz CT molecular complexity index is 744. The number of carbonyl (C=O) groups is 1. The number of amides is 1. The number of carbonyl (C=O) groups excluding carboxylic acids is 1. The number of rotatable bonds is 5. The molecule has 1 N–H and O–H groups in total. The first-order valence-corrected chi connectivity index (χ1v) is 7.22. The highest BCUT2D eigenvalue weighted by molar-refractivity contribution is 5.80. The highest BCUT2D eigenvalue weighted by atomic mass is 19.4. The van der Waals surface area contributed by atoms with Gasteiger partial charge < -0.3 is 10.1 Å². The lowest BCUT2D eigenvalue weighted by atomic mass is 10.1. The Balaban J connectivity index is 1.89. The van der Waals surface area contributed by atoms with Gasteiger partial charge in [0.05, 0.1) is 5.56 Å². The molecule has 3 nitrogen and oxygen atoms in total. The van der Waals surface area contributed by atoms with Crippen molar-refractivity contribution in [2.45, 2.75) is 25.7 Å². The van der Waals surface area contributed by atoms with E-state index >= 15 is 0 Å². The molecule has 0 saturated carbocycles. The lowest BCUT2D eigenvalue weighted by Crippen LogP contribution is -2.35. The predicted octanol–water partition coefficient (Wildman–Crippen LogP) is 4.07. The van der Waals surface area contributed by atoms with Crippen molar-refractivity contribution < 1.29 is 31.5 Å². The van der Waals surface area contributed by atoms with Crippen LogP contribution < -0.4 is 10.1 Å². The Morgan fingerprint density at radius 2 is 1.72 bits per heavy atom. The molecule has 1 atom stereocenters. The van der Waals surface area contributed by atoms with Gasteiger partial charge in [-0.05, 0) is 36.8 Å². The second kappa shape index (κ2) is 7.50. The van der Waals surface area contributed by atoms with Gasteiger partial charge in [0.1, 0.15) is 5.75 Å². The van der Waals surface area contributed by atoms with Crippen LogP contribution in [0.1, 0.15) is 18.1 Å². The molecule has 2 rings (SSSR count). The molecule has 2 aromatic rings. The van der Waals surface area contributed by atoms with Crippen molar-refractivity contribution in [3.05, 3.63) is 65.2 Å². The van der Waals surface area contributed by atoms with Crippen molar-refractivity contribution in [2.24, 2.45) is 0 Å². The summed E-state index contributed by atoms with van der Waals surface area (Å²) in [6.45, 7) is 1.41. The zero-order valence-corrected chi connectivity index (χ0v) is 13.0. The average molecular weight is 359 g/mol. The second-order valence-corrected chi connectivity index (χ2v) is 5.25. The van der Waals surface area contributed by atoms with Gasteiger partial charge in [0.25, 0.3) is 5.91 Å². The van der Waals surface area contributed by atoms with Crippen molar-refractivity contribution >= 4 is 5.91 Å². The van der Waals surface area contributed by atoms with Crippen LogP contribution in [-0.2, 0) is 17.5 Å². The highest BCUT2D eigenvalue weighted by Gasteiger charge is 2.29. The minimum Gasteiger partial charge on any atom is -0.481 e. The van der Waals surface area contributed by atoms with Gasteiger partial charge in [-0.1, -0.05) is 12.1 Å². The molecule has 2 aromatic carbocycles. The van der Waals surface area contributed by atoms with Crippen LogP contribution in [0.4, 0.5) is 22.0 Å². The summed E-state index contributed by atoms with van der Waals surface area (Å²) in [5.74, 6) is -2.71. The van der Waals surface area contributed by atoms with Crippen LogP contribution in [0, 0.1) is 11.6 Å². The van der Waals surface area contributed by atoms with E-state index in [1.165, 1.54) is 25.1 Å². The molecule has 0 spiro atoms. The van der Waals surface area contributed by atoms with E-state index in [2.05, 4.69) is 5.32 Å². The molecule has 0 radical (unpaired) electrons. The Morgan fingerprint density at radius 1 is 1.08 bits per heavy atom. The van der Waals surface area contributed by atoms with E-state index in [0.717, 1.165) is 24.3 Å². The van der Waals surface area contributed by atoms with Crippen LogP contribution >= 0.6 is 0 Å². The number of ether oxygens (including phenoxy) is 1. The summed E-state index contributed by atoms with van der Waals surface area (Å²) in [7, 11) is 0. The van der Waals surface area contributed by atoms with Crippen LogP contribution in [-0.4, -0.2) is 12.0 Å². The fraction of sp³-hybridized carbons (Fsp3) is 0.235. The molecular weight excluding hydrogens is 345 g/mol. The van der Waals surface area contributed by atoms with Crippen molar-refractivity contribution in [3.63, 3.8) is 0 Å². The fourth-order valence-corrected chi connectivity index (χ4v) is 1.95. The molecule has 0 heterocycles. The zero-order valence-electron chi connectivity index (χ0n) is 13.0. The van der Waals surface area contributed by atoms with E-state index in [1.54, 1.807) is 0 Å². The first-order chi connectivity index (χ1) is 11.7. The topological polar surface area (TPSA) is 38.3 Å². The molecule has 0 aromatic heterocycles. The van der Waals surface area contributed by atoms with Gasteiger partial charge in [-0.25, -0.2) is 8.78 Å². The van der Waals surface area contributed by atoms with Crippen LogP contribution in [0.2, 0.25) is 0 Å². The van der Waals surface area contributed by atoms with E-state index in [-0.39, 0.29) is 12.3 Å². The molecule has 134 valence electrons. The lowest BCUT2D eigenvalue weighted by Gasteiger charge is -2.15. The normalized spacial score (nSPS) is 12.6. The minimum atomic E-state index is -4.42. The predicted molar refractivity (Wildman–Crippen MR) is 79.7 cm³/mol. The van der Waals surface area contributed by atoms with Crippen LogP contribution in [0.3, 0.4) is 0 Å². The van der Waals surface area contributed by atoms with E-state index in [1.807, 2.05) is 0 Å². The summed E-state index contributed by atoms with van der Waals surface area (Å²) < 4.78 is 68.5. The molecule has 1 amide bonds. The molecule has 0 bridgehead atoms. The quantitative estimate of drug-likeness (QED) is 0.818. The maximum Gasteiger partial charge on any atom is 0.416 e. The molecule has 0 aliphatic rings. The van der Waals surface area contributed by atoms with Crippen molar-refractivity contribution in [1.82, 2.24) is 5.32 Å². The third-order valence-corrected chi connectivity index (χ3v) is 3.32. The number of benzene rings is 2. The highest BCUT2D eigenvalue weighted by Crippen LogP contribution is 2.29. The van der Waals surface area contributed by atoms with Crippen molar-refractivity contribution in [3.8, 4) is 5.75 Å². The van der Waals surface area contributed by atoms with Gasteiger partial charge in [-0.3, -0.25) is 4.79 Å². The maximum atomic E-state index is 13.1.